The smallest absolute Gasteiger partial charge is 0.262 e. The number of nitrogens with zero attached hydrogens (tertiary/aromatic N) is 2. The molecule has 7 heteroatoms. The van der Waals surface area contributed by atoms with Crippen molar-refractivity contribution in [3.8, 4) is 11.5 Å². The van der Waals surface area contributed by atoms with Gasteiger partial charge in [0, 0.05) is 36.7 Å². The Hall–Kier alpha value is -3.58. The number of carbonyl (C=O) groups excluding carboxylic acids is 1. The zero-order valence-corrected chi connectivity index (χ0v) is 19.4. The van der Waals surface area contributed by atoms with Crippen LogP contribution in [0.3, 0.4) is 0 Å². The first-order chi connectivity index (χ1) is 16.8. The van der Waals surface area contributed by atoms with Crippen LogP contribution in [0, 0.1) is 0 Å². The van der Waals surface area contributed by atoms with Crippen molar-refractivity contribution in [3.05, 3.63) is 79.1 Å². The molecule has 178 valence electrons. The molecule has 1 aliphatic heterocycles. The Morgan fingerprint density at radius 2 is 1.71 bits per heavy atom. The maximum Gasteiger partial charge on any atom is 0.262 e. The van der Waals surface area contributed by atoms with Crippen LogP contribution in [0.1, 0.15) is 19.3 Å². The molecule has 34 heavy (non-hydrogen) atoms. The van der Waals surface area contributed by atoms with Crippen molar-refractivity contribution >= 4 is 17.3 Å². The highest BCUT2D eigenvalue weighted by molar-refractivity contribution is 5.92. The molecule has 0 aliphatic carbocycles. The van der Waals surface area contributed by atoms with Crippen LogP contribution in [0.4, 0.5) is 11.4 Å². The second-order valence-corrected chi connectivity index (χ2v) is 8.30. The number of hydrogen-bond acceptors (Lipinski definition) is 6. The van der Waals surface area contributed by atoms with E-state index in [1.165, 1.54) is 5.69 Å². The summed E-state index contributed by atoms with van der Waals surface area (Å²) in [6.07, 6.45) is 6.68. The molecule has 0 saturated carbocycles. The zero-order valence-electron chi connectivity index (χ0n) is 19.4. The van der Waals surface area contributed by atoms with E-state index in [0.717, 1.165) is 50.3 Å². The van der Waals surface area contributed by atoms with E-state index in [2.05, 4.69) is 32.7 Å². The molecule has 2 N–H and O–H groups in total. The van der Waals surface area contributed by atoms with Crippen LogP contribution in [-0.4, -0.2) is 49.8 Å². The van der Waals surface area contributed by atoms with Gasteiger partial charge < -0.3 is 25.0 Å². The van der Waals surface area contributed by atoms with Crippen molar-refractivity contribution in [1.29, 1.82) is 0 Å². The Morgan fingerprint density at radius 3 is 2.44 bits per heavy atom. The lowest BCUT2D eigenvalue weighted by atomic mass is 10.0. The standard InChI is InChI=1S/C27H32N4O3/c32-27(21-34-25-6-2-1-3-7-25)30-23-9-11-24(12-10-23)31-17-13-22(14-18-31)29-16-5-19-33-26-8-4-15-28-20-26/h1-4,6-12,15,20,22,29H,5,13-14,16-19,21H2,(H,30,32). The van der Waals surface area contributed by atoms with Gasteiger partial charge in [-0.1, -0.05) is 18.2 Å². The SMILES string of the molecule is O=C(COc1ccccc1)Nc1ccc(N2CCC(NCCCOc3cccnc3)CC2)cc1. The number of piperidine rings is 1. The summed E-state index contributed by atoms with van der Waals surface area (Å²) in [5.74, 6) is 1.33. The highest BCUT2D eigenvalue weighted by Crippen LogP contribution is 2.22. The minimum Gasteiger partial charge on any atom is -0.492 e. The predicted octanol–water partition coefficient (Wildman–Crippen LogP) is 4.13. The van der Waals surface area contributed by atoms with E-state index in [-0.39, 0.29) is 12.5 Å². The van der Waals surface area contributed by atoms with Crippen LogP contribution in [-0.2, 0) is 4.79 Å². The van der Waals surface area contributed by atoms with Gasteiger partial charge in [0.1, 0.15) is 11.5 Å². The summed E-state index contributed by atoms with van der Waals surface area (Å²) in [5, 5.41) is 6.54. The Kier molecular flexibility index (Phi) is 8.74. The van der Waals surface area contributed by atoms with Crippen molar-refractivity contribution in [2.24, 2.45) is 0 Å². The van der Waals surface area contributed by atoms with Crippen molar-refractivity contribution in [2.45, 2.75) is 25.3 Å². The van der Waals surface area contributed by atoms with Gasteiger partial charge in [-0.15, -0.1) is 0 Å². The second-order valence-electron chi connectivity index (χ2n) is 8.30. The Labute approximate surface area is 201 Å². The monoisotopic (exact) mass is 460 g/mol. The molecule has 1 amide bonds. The molecule has 0 atom stereocenters. The summed E-state index contributed by atoms with van der Waals surface area (Å²) >= 11 is 0. The molecule has 1 aliphatic rings. The van der Waals surface area contributed by atoms with E-state index in [9.17, 15) is 4.79 Å². The summed E-state index contributed by atoms with van der Waals surface area (Å²) in [7, 11) is 0. The molecule has 0 bridgehead atoms. The summed E-state index contributed by atoms with van der Waals surface area (Å²) < 4.78 is 11.2. The van der Waals surface area contributed by atoms with Gasteiger partial charge in [-0.05, 0) is 74.3 Å². The number of rotatable bonds is 11. The Morgan fingerprint density at radius 1 is 0.941 bits per heavy atom. The van der Waals surface area contributed by atoms with E-state index < -0.39 is 0 Å². The van der Waals surface area contributed by atoms with Crippen LogP contribution in [0.2, 0.25) is 0 Å². The fourth-order valence-corrected chi connectivity index (χ4v) is 3.96. The molecule has 1 fully saturated rings. The molecule has 0 radical (unpaired) electrons. The third kappa shape index (κ3) is 7.49. The zero-order chi connectivity index (χ0) is 23.4. The number of anilines is 2. The third-order valence-electron chi connectivity index (χ3n) is 5.78. The average molecular weight is 461 g/mol. The number of para-hydroxylation sites is 1. The largest absolute Gasteiger partial charge is 0.492 e. The first-order valence-electron chi connectivity index (χ1n) is 11.9. The molecule has 1 saturated heterocycles. The van der Waals surface area contributed by atoms with Gasteiger partial charge >= 0.3 is 0 Å². The lowest BCUT2D eigenvalue weighted by Crippen LogP contribution is -2.43. The molecular formula is C27H32N4O3. The third-order valence-corrected chi connectivity index (χ3v) is 5.78. The van der Waals surface area contributed by atoms with E-state index in [0.29, 0.717) is 18.4 Å². The van der Waals surface area contributed by atoms with Crippen LogP contribution in [0.25, 0.3) is 0 Å². The molecule has 2 aromatic carbocycles. The van der Waals surface area contributed by atoms with Gasteiger partial charge in [0.25, 0.3) is 5.91 Å². The minimum absolute atomic E-state index is 0.0120. The van der Waals surface area contributed by atoms with Crippen LogP contribution in [0.5, 0.6) is 11.5 Å². The number of aromatic nitrogens is 1. The van der Waals surface area contributed by atoms with E-state index in [4.69, 9.17) is 9.47 Å². The van der Waals surface area contributed by atoms with Crippen LogP contribution >= 0.6 is 0 Å². The van der Waals surface area contributed by atoms with Gasteiger partial charge in [0.15, 0.2) is 6.61 Å². The van der Waals surface area contributed by atoms with Gasteiger partial charge in [-0.25, -0.2) is 0 Å². The maximum atomic E-state index is 12.1. The lowest BCUT2D eigenvalue weighted by Gasteiger charge is -2.34. The average Bonchev–Trinajstić information content (AvgIpc) is 2.89. The highest BCUT2D eigenvalue weighted by atomic mass is 16.5. The number of pyridine rings is 1. The van der Waals surface area contributed by atoms with Crippen LogP contribution < -0.4 is 25.0 Å². The quantitative estimate of drug-likeness (QED) is 0.419. The fraction of sp³-hybridized carbons (Fsp3) is 0.333. The topological polar surface area (TPSA) is 75.7 Å². The minimum atomic E-state index is -0.172. The number of amides is 1. The predicted molar refractivity (Wildman–Crippen MR) is 135 cm³/mol. The van der Waals surface area contributed by atoms with Gasteiger partial charge in [0.2, 0.25) is 0 Å². The van der Waals surface area contributed by atoms with Crippen molar-refractivity contribution in [1.82, 2.24) is 10.3 Å². The first kappa shape index (κ1) is 23.6. The molecule has 1 aromatic heterocycles. The number of nitrogens with one attached hydrogen (secondary N) is 2. The lowest BCUT2D eigenvalue weighted by molar-refractivity contribution is -0.118. The summed E-state index contributed by atoms with van der Waals surface area (Å²) in [6, 6.07) is 21.7. The van der Waals surface area contributed by atoms with Gasteiger partial charge in [0.05, 0.1) is 12.8 Å². The van der Waals surface area contributed by atoms with Gasteiger partial charge in [-0.3, -0.25) is 9.78 Å². The molecule has 4 rings (SSSR count). The summed E-state index contributed by atoms with van der Waals surface area (Å²) in [4.78, 5) is 18.6. The molecule has 0 unspecified atom stereocenters. The van der Waals surface area contributed by atoms with Crippen LogP contribution in [0.15, 0.2) is 79.1 Å². The van der Waals surface area contributed by atoms with E-state index in [1.54, 1.807) is 12.4 Å². The molecular weight excluding hydrogens is 428 g/mol. The number of ether oxygens (including phenoxy) is 2. The van der Waals surface area contributed by atoms with Crippen molar-refractivity contribution in [3.63, 3.8) is 0 Å². The normalized spacial score (nSPS) is 13.9. The summed E-state index contributed by atoms with van der Waals surface area (Å²) in [5.41, 5.74) is 1.96. The Balaban J connectivity index is 1.11. The number of hydrogen-bond donors (Lipinski definition) is 2. The number of benzene rings is 2. The van der Waals surface area contributed by atoms with Gasteiger partial charge in [-0.2, -0.15) is 0 Å². The maximum absolute atomic E-state index is 12.1. The highest BCUT2D eigenvalue weighted by Gasteiger charge is 2.19. The van der Waals surface area contributed by atoms with E-state index >= 15 is 0 Å². The summed E-state index contributed by atoms with van der Waals surface area (Å²) in [6.45, 7) is 3.66. The molecule has 3 aromatic rings. The fourth-order valence-electron chi connectivity index (χ4n) is 3.96. The van der Waals surface area contributed by atoms with E-state index in [1.807, 2.05) is 54.6 Å². The molecule has 7 nitrogen and oxygen atoms in total. The first-order valence-corrected chi connectivity index (χ1v) is 11.9. The van der Waals surface area contributed by atoms with Crippen molar-refractivity contribution < 1.29 is 14.3 Å². The molecule has 0 spiro atoms. The van der Waals surface area contributed by atoms with Crippen molar-refractivity contribution in [2.75, 3.05) is 43.1 Å². The second kappa shape index (κ2) is 12.6. The Bertz CT molecular complexity index is 991. The molecule has 2 heterocycles. The number of carbonyl (C=O) groups is 1.